The number of carbonyl (C=O) groups is 2. The Morgan fingerprint density at radius 1 is 0.912 bits per heavy atom. The van der Waals surface area contributed by atoms with Gasteiger partial charge in [0.2, 0.25) is 5.91 Å². The van der Waals surface area contributed by atoms with Crippen LogP contribution in [0.15, 0.2) is 102 Å². The molecule has 1 atom stereocenters. The predicted molar refractivity (Wildman–Crippen MR) is 234 cm³/mol. The van der Waals surface area contributed by atoms with Crippen molar-refractivity contribution in [2.24, 2.45) is 11.8 Å². The van der Waals surface area contributed by atoms with Crippen molar-refractivity contribution in [3.05, 3.63) is 122 Å². The molecule has 9 rings (SSSR count). The fourth-order valence-corrected chi connectivity index (χ4v) is 8.59. The summed E-state index contributed by atoms with van der Waals surface area (Å²) < 4.78 is 1.11. The number of fused-ring (bicyclic) bond motifs is 1. The number of nitriles is 1. The van der Waals surface area contributed by atoms with Gasteiger partial charge in [0, 0.05) is 62.8 Å². The number of thiophene rings is 2. The molecule has 7 aromatic heterocycles. The smallest absolute Gasteiger partial charge is 0.255 e. The molecule has 288 valence electrons. The van der Waals surface area contributed by atoms with E-state index in [1.807, 2.05) is 54.9 Å². The number of nitrogens with one attached hydrogen (secondary N) is 2. The molecular formula is C42H37ClIN9O2S2. The number of rotatable bonds is 7. The molecule has 7 aromatic rings. The Kier molecular flexibility index (Phi) is 13.3. The number of aromatic amines is 1. The van der Waals surface area contributed by atoms with Gasteiger partial charge in [0.25, 0.3) is 5.91 Å². The lowest BCUT2D eigenvalue weighted by atomic mass is 9.97. The summed E-state index contributed by atoms with van der Waals surface area (Å²) in [4.78, 5) is 55.5. The molecule has 2 N–H and O–H groups in total. The van der Waals surface area contributed by atoms with Gasteiger partial charge in [-0.3, -0.25) is 19.6 Å². The Morgan fingerprint density at radius 3 is 2.19 bits per heavy atom. The van der Waals surface area contributed by atoms with Gasteiger partial charge in [-0.1, -0.05) is 23.7 Å². The Bertz CT molecular complexity index is 2480. The Labute approximate surface area is 356 Å². The number of nitrogens with zero attached hydrogens (tertiary/aromatic N) is 7. The second kappa shape index (κ2) is 18.9. The SMILES string of the molecule is Cc1cc(-c2cccs2)ccn1.Clc1cc(I)ccn1.N#CC1CCN(C(=O)[C@H](NC(=O)c2c[nH]c3ncc(-c4cc(-c5cccs5)ccn4)nc23)C2CC2)CC1. The highest BCUT2D eigenvalue weighted by Gasteiger charge is 2.40. The van der Waals surface area contributed by atoms with Crippen LogP contribution in [0.1, 0.15) is 41.7 Å². The zero-order chi connectivity index (χ0) is 39.7. The van der Waals surface area contributed by atoms with Gasteiger partial charge in [0.15, 0.2) is 5.65 Å². The highest BCUT2D eigenvalue weighted by Crippen LogP contribution is 2.35. The summed E-state index contributed by atoms with van der Waals surface area (Å²) in [6.45, 7) is 3.11. The lowest BCUT2D eigenvalue weighted by Crippen LogP contribution is -2.51. The standard InChI is InChI=1S/C27H25N7O2S.C10H9NS.C5H3ClIN/c28-13-16-6-9-34(10-7-16)27(36)23(17-3-4-17)33-26(35)19-14-30-25-24(19)32-21(15-31-25)20-12-18(5-8-29-20)22-2-1-11-37-22;1-8-7-9(4-5-11-8)10-3-2-6-12-10;6-5-3-4(7)1-2-8-5/h1-2,5,8,11-12,14-17,23H,3-4,6-7,9-10H2,(H,30,31)(H,33,35);2-7H,1H3;1-3H/t23-;;/m1../s1. The third-order valence-electron chi connectivity index (χ3n) is 9.48. The summed E-state index contributed by atoms with van der Waals surface area (Å²) in [6.07, 6.45) is 11.7. The first-order valence-electron chi connectivity index (χ1n) is 18.3. The number of hydrogen-bond acceptors (Lipinski definition) is 10. The molecule has 11 nitrogen and oxygen atoms in total. The molecule has 0 aromatic carbocycles. The number of piperidine rings is 1. The normalized spacial score (nSPS) is 14.4. The highest BCUT2D eigenvalue weighted by atomic mass is 127. The maximum absolute atomic E-state index is 13.4. The molecule has 0 radical (unpaired) electrons. The van der Waals surface area contributed by atoms with Gasteiger partial charge in [0.1, 0.15) is 22.4 Å². The fourth-order valence-electron chi connectivity index (χ4n) is 6.33. The van der Waals surface area contributed by atoms with E-state index < -0.39 is 6.04 Å². The van der Waals surface area contributed by atoms with E-state index in [1.165, 1.54) is 10.4 Å². The Hall–Kier alpha value is -5.08. The van der Waals surface area contributed by atoms with Crippen LogP contribution in [-0.2, 0) is 4.79 Å². The molecule has 0 spiro atoms. The lowest BCUT2D eigenvalue weighted by molar-refractivity contribution is -0.135. The van der Waals surface area contributed by atoms with Crippen molar-refractivity contribution in [2.75, 3.05) is 13.1 Å². The summed E-state index contributed by atoms with van der Waals surface area (Å²) in [5.74, 6) is -0.276. The van der Waals surface area contributed by atoms with Crippen LogP contribution in [-0.4, -0.2) is 65.7 Å². The molecule has 8 heterocycles. The minimum atomic E-state index is -0.573. The van der Waals surface area contributed by atoms with Crippen molar-refractivity contribution in [2.45, 2.75) is 38.6 Å². The van der Waals surface area contributed by atoms with Crippen LogP contribution in [0.4, 0.5) is 0 Å². The molecule has 0 bridgehead atoms. The van der Waals surface area contributed by atoms with Crippen LogP contribution in [0.3, 0.4) is 0 Å². The maximum atomic E-state index is 13.4. The van der Waals surface area contributed by atoms with Crippen LogP contribution >= 0.6 is 56.9 Å². The molecule has 0 unspecified atom stereocenters. The number of pyridine rings is 3. The average Bonchev–Trinajstić information content (AvgIpc) is 3.59. The van der Waals surface area contributed by atoms with Crippen LogP contribution in [0.5, 0.6) is 0 Å². The number of amides is 2. The van der Waals surface area contributed by atoms with Crippen LogP contribution < -0.4 is 5.32 Å². The number of hydrogen-bond donors (Lipinski definition) is 2. The average molecular weight is 926 g/mol. The van der Waals surface area contributed by atoms with Crippen molar-refractivity contribution in [1.82, 2.24) is 40.1 Å². The van der Waals surface area contributed by atoms with Crippen molar-refractivity contribution < 1.29 is 9.59 Å². The summed E-state index contributed by atoms with van der Waals surface area (Å²) >= 11 is 11.1. The van der Waals surface area contributed by atoms with Crippen molar-refractivity contribution in [1.29, 1.82) is 5.26 Å². The van der Waals surface area contributed by atoms with Gasteiger partial charge in [-0.15, -0.1) is 22.7 Å². The van der Waals surface area contributed by atoms with Crippen LogP contribution in [0.25, 0.3) is 43.4 Å². The number of aryl methyl sites for hydroxylation is 1. The molecular weight excluding hydrogens is 889 g/mol. The minimum Gasteiger partial charge on any atom is -0.344 e. The van der Waals surface area contributed by atoms with E-state index in [-0.39, 0.29) is 23.7 Å². The monoisotopic (exact) mass is 925 g/mol. The van der Waals surface area contributed by atoms with E-state index in [0.29, 0.717) is 59.2 Å². The van der Waals surface area contributed by atoms with Crippen LogP contribution in [0, 0.1) is 33.7 Å². The van der Waals surface area contributed by atoms with Crippen molar-refractivity contribution in [3.63, 3.8) is 0 Å². The van der Waals surface area contributed by atoms with Gasteiger partial charge in [-0.25, -0.2) is 15.0 Å². The maximum Gasteiger partial charge on any atom is 0.255 e. The first-order chi connectivity index (χ1) is 27.7. The quantitative estimate of drug-likeness (QED) is 0.118. The van der Waals surface area contributed by atoms with Crippen LogP contribution in [0.2, 0.25) is 5.15 Å². The number of carbonyl (C=O) groups excluding carboxylic acids is 2. The highest BCUT2D eigenvalue weighted by molar-refractivity contribution is 14.1. The van der Waals surface area contributed by atoms with E-state index in [9.17, 15) is 9.59 Å². The fraction of sp³-hybridized carbons (Fsp3) is 0.238. The van der Waals surface area contributed by atoms with Gasteiger partial charge in [-0.2, -0.15) is 5.26 Å². The first-order valence-corrected chi connectivity index (χ1v) is 21.5. The Morgan fingerprint density at radius 2 is 1.60 bits per heavy atom. The topological polar surface area (TPSA) is 153 Å². The zero-order valence-electron chi connectivity index (χ0n) is 30.8. The molecule has 2 amide bonds. The van der Waals surface area contributed by atoms with Crippen molar-refractivity contribution in [3.8, 4) is 38.3 Å². The van der Waals surface area contributed by atoms with Gasteiger partial charge in [0.05, 0.1) is 23.5 Å². The first kappa shape index (κ1) is 40.1. The third kappa shape index (κ3) is 10.5. The number of likely N-dealkylation sites (tertiary alicyclic amines) is 1. The van der Waals surface area contributed by atoms with Gasteiger partial charge >= 0.3 is 0 Å². The molecule has 2 aliphatic rings. The molecule has 1 aliphatic carbocycles. The van der Waals surface area contributed by atoms with E-state index in [1.54, 1.807) is 52.4 Å². The van der Waals surface area contributed by atoms with E-state index in [4.69, 9.17) is 21.8 Å². The summed E-state index contributed by atoms with van der Waals surface area (Å²) in [7, 11) is 0. The second-order valence-electron chi connectivity index (χ2n) is 13.5. The molecule has 57 heavy (non-hydrogen) atoms. The molecule has 1 saturated heterocycles. The number of halogens is 2. The van der Waals surface area contributed by atoms with E-state index in [2.05, 4.69) is 88.5 Å². The minimum absolute atomic E-state index is 0.00231. The van der Waals surface area contributed by atoms with E-state index in [0.717, 1.165) is 32.5 Å². The van der Waals surface area contributed by atoms with Crippen molar-refractivity contribution >= 4 is 79.8 Å². The predicted octanol–water partition coefficient (Wildman–Crippen LogP) is 9.48. The second-order valence-corrected chi connectivity index (χ2v) is 17.1. The Balaban J connectivity index is 0.000000201. The number of H-pyrrole nitrogens is 1. The number of aromatic nitrogens is 6. The van der Waals surface area contributed by atoms with E-state index >= 15 is 0 Å². The summed E-state index contributed by atoms with van der Waals surface area (Å²) in [6, 6.07) is 21.7. The summed E-state index contributed by atoms with van der Waals surface area (Å²) in [5, 5.41) is 16.8. The molecule has 2 fully saturated rings. The zero-order valence-corrected chi connectivity index (χ0v) is 35.4. The van der Waals surface area contributed by atoms with Gasteiger partial charge in [-0.05, 0) is 132 Å². The summed E-state index contributed by atoms with van der Waals surface area (Å²) in [5.41, 5.74) is 5.89. The molecule has 15 heteroatoms. The molecule has 1 aliphatic heterocycles. The lowest BCUT2D eigenvalue weighted by Gasteiger charge is -2.32. The molecule has 1 saturated carbocycles. The van der Waals surface area contributed by atoms with Gasteiger partial charge < -0.3 is 15.2 Å². The third-order valence-corrected chi connectivity index (χ3v) is 12.2. The largest absolute Gasteiger partial charge is 0.344 e.